The molecule has 0 spiro atoms. The van der Waals surface area contributed by atoms with Crippen LogP contribution in [0, 0.1) is 0 Å². The molecular formula is C16H22FN5O8. The molecule has 0 aliphatic heterocycles. The predicted octanol–water partition coefficient (Wildman–Crippen LogP) is -1.43. The van der Waals surface area contributed by atoms with Gasteiger partial charge in [0.1, 0.15) is 18.6 Å². The quantitative estimate of drug-likeness (QED) is 0.232. The van der Waals surface area contributed by atoms with Crippen LogP contribution >= 0.6 is 0 Å². The summed E-state index contributed by atoms with van der Waals surface area (Å²) in [5.74, 6) is -6.05. The summed E-state index contributed by atoms with van der Waals surface area (Å²) in [5, 5.41) is 38.4. The van der Waals surface area contributed by atoms with Crippen molar-refractivity contribution in [2.24, 2.45) is 0 Å². The molecule has 0 aliphatic rings. The molecule has 2 amide bonds. The van der Waals surface area contributed by atoms with Crippen molar-refractivity contribution in [3.8, 4) is 0 Å². The van der Waals surface area contributed by atoms with Crippen LogP contribution in [0.2, 0.25) is 0 Å². The minimum Gasteiger partial charge on any atom is -0.481 e. The summed E-state index contributed by atoms with van der Waals surface area (Å²) in [4.78, 5) is 56.9. The van der Waals surface area contributed by atoms with Crippen LogP contribution in [0.5, 0.6) is 0 Å². The maximum atomic E-state index is 12.2. The highest BCUT2D eigenvalue weighted by Gasteiger charge is 2.27. The number of amides is 2. The topological polar surface area (TPSA) is 201 Å². The number of nitrogens with one attached hydrogen (secondary N) is 2. The molecule has 0 aliphatic carbocycles. The molecule has 0 aromatic carbocycles. The third kappa shape index (κ3) is 9.07. The highest BCUT2D eigenvalue weighted by molar-refractivity contribution is 5.90. The fraction of sp³-hybridized carbons (Fsp3) is 0.562. The van der Waals surface area contributed by atoms with Crippen LogP contribution in [0.4, 0.5) is 4.39 Å². The Hall–Kier alpha value is -3.58. The first kappa shape index (κ1) is 24.5. The van der Waals surface area contributed by atoms with E-state index < -0.39 is 74.3 Å². The van der Waals surface area contributed by atoms with Crippen LogP contribution < -0.4 is 10.6 Å². The highest BCUT2D eigenvalue weighted by Crippen LogP contribution is 2.02. The monoisotopic (exact) mass is 431 g/mol. The van der Waals surface area contributed by atoms with Gasteiger partial charge in [0.2, 0.25) is 11.8 Å². The third-order valence-electron chi connectivity index (χ3n) is 3.76. The molecule has 0 fully saturated rings. The van der Waals surface area contributed by atoms with Gasteiger partial charge in [-0.3, -0.25) is 18.8 Å². The van der Waals surface area contributed by atoms with Crippen molar-refractivity contribution in [2.75, 3.05) is 6.67 Å². The van der Waals surface area contributed by atoms with Gasteiger partial charge in [-0.05, 0) is 19.3 Å². The Labute approximate surface area is 169 Å². The first-order chi connectivity index (χ1) is 14.1. The smallest absolute Gasteiger partial charge is 0.326 e. The largest absolute Gasteiger partial charge is 0.481 e. The molecule has 166 valence electrons. The van der Waals surface area contributed by atoms with E-state index in [1.165, 1.54) is 6.20 Å². The summed E-state index contributed by atoms with van der Waals surface area (Å²) in [6.45, 7) is -0.931. The molecule has 2 unspecified atom stereocenters. The van der Waals surface area contributed by atoms with Crippen molar-refractivity contribution in [1.82, 2.24) is 25.6 Å². The summed E-state index contributed by atoms with van der Waals surface area (Å²) in [6.07, 6.45) is 0.293. The van der Waals surface area contributed by atoms with Crippen molar-refractivity contribution in [1.29, 1.82) is 0 Å². The van der Waals surface area contributed by atoms with Crippen molar-refractivity contribution in [3.05, 3.63) is 11.9 Å². The molecule has 13 nitrogen and oxygen atoms in total. The second kappa shape index (κ2) is 12.1. The van der Waals surface area contributed by atoms with Crippen molar-refractivity contribution >= 4 is 29.7 Å². The van der Waals surface area contributed by atoms with Gasteiger partial charge in [0, 0.05) is 12.6 Å². The number of carboxylic acid groups (broad SMARTS) is 3. The molecule has 0 saturated heterocycles. The van der Waals surface area contributed by atoms with Gasteiger partial charge in [-0.25, -0.2) is 14.3 Å². The Kier molecular flexibility index (Phi) is 9.85. The maximum Gasteiger partial charge on any atom is 0.326 e. The normalized spacial score (nSPS) is 12.6. The first-order valence-corrected chi connectivity index (χ1v) is 8.83. The summed E-state index contributed by atoms with van der Waals surface area (Å²) in [7, 11) is 0. The van der Waals surface area contributed by atoms with E-state index in [9.17, 15) is 33.5 Å². The fourth-order valence-corrected chi connectivity index (χ4v) is 2.33. The molecule has 30 heavy (non-hydrogen) atoms. The van der Waals surface area contributed by atoms with E-state index >= 15 is 0 Å². The number of aliphatic carboxylic acids is 3. The second-order valence-corrected chi connectivity index (χ2v) is 6.25. The zero-order valence-corrected chi connectivity index (χ0v) is 15.8. The lowest BCUT2D eigenvalue weighted by atomic mass is 10.1. The van der Waals surface area contributed by atoms with Crippen molar-refractivity contribution in [3.63, 3.8) is 0 Å². The maximum absolute atomic E-state index is 12.2. The van der Waals surface area contributed by atoms with Crippen LogP contribution in [-0.4, -0.2) is 78.8 Å². The van der Waals surface area contributed by atoms with Gasteiger partial charge in [-0.1, -0.05) is 5.21 Å². The van der Waals surface area contributed by atoms with E-state index in [0.29, 0.717) is 12.1 Å². The lowest BCUT2D eigenvalue weighted by Crippen LogP contribution is -2.48. The van der Waals surface area contributed by atoms with Crippen LogP contribution in [0.25, 0.3) is 0 Å². The number of rotatable bonds is 14. The van der Waals surface area contributed by atoms with E-state index in [1.807, 2.05) is 5.32 Å². The molecule has 0 saturated carbocycles. The number of nitrogens with zero attached hydrogens (tertiary/aromatic N) is 3. The number of halogens is 1. The predicted molar refractivity (Wildman–Crippen MR) is 94.9 cm³/mol. The average molecular weight is 431 g/mol. The number of aromatic nitrogens is 3. The van der Waals surface area contributed by atoms with Gasteiger partial charge < -0.3 is 26.0 Å². The summed E-state index contributed by atoms with van der Waals surface area (Å²) < 4.78 is 13.3. The van der Waals surface area contributed by atoms with E-state index in [2.05, 4.69) is 15.6 Å². The Morgan fingerprint density at radius 2 is 1.67 bits per heavy atom. The van der Waals surface area contributed by atoms with Crippen LogP contribution in [-0.2, 0) is 36.9 Å². The molecule has 2 atom stereocenters. The number of carboxylic acids is 3. The minimum atomic E-state index is -1.65. The lowest BCUT2D eigenvalue weighted by molar-refractivity contribution is -0.145. The minimum absolute atomic E-state index is 0.241. The van der Waals surface area contributed by atoms with E-state index in [1.54, 1.807) is 0 Å². The Morgan fingerprint density at radius 3 is 2.23 bits per heavy atom. The summed E-state index contributed by atoms with van der Waals surface area (Å²) >= 11 is 0. The number of alkyl halides is 1. The summed E-state index contributed by atoms with van der Waals surface area (Å²) in [5.41, 5.74) is 0.454. The van der Waals surface area contributed by atoms with Crippen LogP contribution in [0.3, 0.4) is 0 Å². The molecular weight excluding hydrogens is 409 g/mol. The molecule has 1 aromatic rings. The standard InChI is InChI=1S/C16H22FN5O8/c17-5-1-2-9-7-22(21-20-9)8-13(24)19-11(16(29)30)6-12(23)18-10(15(27)28)3-4-14(25)26/h7,10-11H,1-6,8H2,(H,18,23)(H,19,24)(H,25,26)(H,27,28)(H,29,30). The van der Waals surface area contributed by atoms with Gasteiger partial charge in [0.05, 0.1) is 18.8 Å². The van der Waals surface area contributed by atoms with E-state index in [4.69, 9.17) is 10.2 Å². The molecule has 1 aromatic heterocycles. The van der Waals surface area contributed by atoms with Gasteiger partial charge in [0.25, 0.3) is 0 Å². The fourth-order valence-electron chi connectivity index (χ4n) is 2.33. The highest BCUT2D eigenvalue weighted by atomic mass is 19.1. The van der Waals surface area contributed by atoms with E-state index in [0.717, 1.165) is 4.68 Å². The first-order valence-electron chi connectivity index (χ1n) is 8.83. The van der Waals surface area contributed by atoms with Gasteiger partial charge >= 0.3 is 17.9 Å². The number of hydrogen-bond donors (Lipinski definition) is 5. The molecule has 1 rings (SSSR count). The zero-order chi connectivity index (χ0) is 22.7. The van der Waals surface area contributed by atoms with Gasteiger partial charge in [-0.2, -0.15) is 0 Å². The average Bonchev–Trinajstić information content (AvgIpc) is 3.09. The number of aryl methyl sites for hydroxylation is 1. The molecule has 0 radical (unpaired) electrons. The van der Waals surface area contributed by atoms with Gasteiger partial charge in [0.15, 0.2) is 0 Å². The number of carbonyl (C=O) groups excluding carboxylic acids is 2. The molecule has 14 heteroatoms. The zero-order valence-electron chi connectivity index (χ0n) is 15.8. The van der Waals surface area contributed by atoms with Crippen LogP contribution in [0.1, 0.15) is 31.4 Å². The SMILES string of the molecule is O=C(O)CCC(NC(=O)CC(NC(=O)Cn1cc(CCCF)nn1)C(=O)O)C(=O)O. The van der Waals surface area contributed by atoms with E-state index in [-0.39, 0.29) is 6.42 Å². The Bertz CT molecular complexity index is 783. The van der Waals surface area contributed by atoms with Crippen LogP contribution in [0.15, 0.2) is 6.20 Å². The molecule has 1 heterocycles. The second-order valence-electron chi connectivity index (χ2n) is 6.25. The lowest BCUT2D eigenvalue weighted by Gasteiger charge is -2.17. The van der Waals surface area contributed by atoms with Gasteiger partial charge in [-0.15, -0.1) is 5.10 Å². The Balaban J connectivity index is 2.61. The molecule has 0 bridgehead atoms. The summed E-state index contributed by atoms with van der Waals surface area (Å²) in [6, 6.07) is -3.17. The van der Waals surface area contributed by atoms with Crippen molar-refractivity contribution < 1.29 is 43.7 Å². The van der Waals surface area contributed by atoms with Crippen molar-refractivity contribution in [2.45, 2.75) is 50.7 Å². The third-order valence-corrected chi connectivity index (χ3v) is 3.76. The number of hydrogen-bond acceptors (Lipinski definition) is 7. The molecule has 5 N–H and O–H groups in total. The number of carbonyl (C=O) groups is 5. The Morgan fingerprint density at radius 1 is 1.03 bits per heavy atom.